The highest BCUT2D eigenvalue weighted by Gasteiger charge is 2.03. The zero-order chi connectivity index (χ0) is 14.4. The van der Waals surface area contributed by atoms with Crippen LogP contribution in [0.3, 0.4) is 0 Å². The zero-order valence-corrected chi connectivity index (χ0v) is 11.4. The van der Waals surface area contributed by atoms with Gasteiger partial charge in [0.1, 0.15) is 0 Å². The number of hydrogen-bond acceptors (Lipinski definition) is 2. The van der Waals surface area contributed by atoms with Crippen molar-refractivity contribution in [3.63, 3.8) is 0 Å². The molecule has 1 aromatic heterocycles. The molecule has 0 amide bonds. The molecule has 0 saturated carbocycles. The summed E-state index contributed by atoms with van der Waals surface area (Å²) in [5, 5.41) is 3.25. The van der Waals surface area contributed by atoms with Crippen LogP contribution in [-0.4, -0.2) is 24.8 Å². The van der Waals surface area contributed by atoms with Crippen LogP contribution < -0.4 is 5.32 Å². The Bertz CT molecular complexity index is 555. The number of methoxy groups -OCH3 is 1. The number of rotatable bonds is 7. The molecule has 5 heteroatoms. The van der Waals surface area contributed by atoms with Gasteiger partial charge in [-0.2, -0.15) is 0 Å². The van der Waals surface area contributed by atoms with Crippen LogP contribution >= 0.6 is 0 Å². The first-order chi connectivity index (χ1) is 9.69. The third-order valence-corrected chi connectivity index (χ3v) is 2.97. The number of benzene rings is 1. The molecule has 0 atom stereocenters. The molecule has 3 nitrogen and oxygen atoms in total. The normalized spacial score (nSPS) is 10.9. The first-order valence-corrected chi connectivity index (χ1v) is 6.47. The second-order valence-corrected chi connectivity index (χ2v) is 4.61. The number of halogens is 2. The van der Waals surface area contributed by atoms with Gasteiger partial charge in [-0.15, -0.1) is 0 Å². The molecule has 0 aliphatic carbocycles. The summed E-state index contributed by atoms with van der Waals surface area (Å²) in [4.78, 5) is 0. The summed E-state index contributed by atoms with van der Waals surface area (Å²) in [6, 6.07) is 5.97. The Balaban J connectivity index is 1.90. The molecule has 2 rings (SSSR count). The second kappa shape index (κ2) is 7.17. The van der Waals surface area contributed by atoms with Gasteiger partial charge in [0.25, 0.3) is 0 Å². The number of nitrogens with one attached hydrogen (secondary N) is 1. The minimum Gasteiger partial charge on any atom is -0.383 e. The molecule has 0 bridgehead atoms. The molecule has 108 valence electrons. The minimum absolute atomic E-state index is 0.523. The van der Waals surface area contributed by atoms with E-state index in [0.29, 0.717) is 13.2 Å². The maximum atomic E-state index is 13.1. The van der Waals surface area contributed by atoms with Crippen LogP contribution in [0.2, 0.25) is 0 Å². The van der Waals surface area contributed by atoms with E-state index >= 15 is 0 Å². The largest absolute Gasteiger partial charge is 0.383 e. The van der Waals surface area contributed by atoms with Gasteiger partial charge < -0.3 is 14.6 Å². The van der Waals surface area contributed by atoms with E-state index in [0.717, 1.165) is 30.3 Å². The maximum Gasteiger partial charge on any atom is 0.159 e. The molecule has 2 aromatic rings. The lowest BCUT2D eigenvalue weighted by Crippen LogP contribution is -2.18. The van der Waals surface area contributed by atoms with Gasteiger partial charge in [0.05, 0.1) is 6.61 Å². The lowest BCUT2D eigenvalue weighted by atomic mass is 10.2. The summed E-state index contributed by atoms with van der Waals surface area (Å²) in [6.45, 7) is 2.75. The summed E-state index contributed by atoms with van der Waals surface area (Å²) in [5.41, 5.74) is 1.88. The number of ether oxygens (including phenoxy) is 1. The molecule has 1 heterocycles. The Labute approximate surface area is 117 Å². The molecule has 0 radical (unpaired) electrons. The topological polar surface area (TPSA) is 26.2 Å². The fourth-order valence-corrected chi connectivity index (χ4v) is 1.95. The smallest absolute Gasteiger partial charge is 0.159 e. The molecule has 0 aliphatic heterocycles. The Kier molecular flexibility index (Phi) is 5.26. The van der Waals surface area contributed by atoms with Crippen molar-refractivity contribution in [2.45, 2.75) is 13.1 Å². The van der Waals surface area contributed by atoms with Gasteiger partial charge in [-0.1, -0.05) is 6.07 Å². The first kappa shape index (κ1) is 14.7. The van der Waals surface area contributed by atoms with E-state index in [-0.39, 0.29) is 0 Å². The van der Waals surface area contributed by atoms with Crippen LogP contribution in [0.25, 0.3) is 0 Å². The van der Waals surface area contributed by atoms with Crippen molar-refractivity contribution in [1.82, 2.24) is 9.88 Å². The van der Waals surface area contributed by atoms with Crippen molar-refractivity contribution in [3.05, 3.63) is 59.4 Å². The van der Waals surface area contributed by atoms with Gasteiger partial charge in [-0.25, -0.2) is 8.78 Å². The first-order valence-electron chi connectivity index (χ1n) is 6.47. The molecule has 0 spiro atoms. The lowest BCUT2D eigenvalue weighted by molar-refractivity contribution is 0.199. The molecule has 0 unspecified atom stereocenters. The Morgan fingerprint density at radius 1 is 1.15 bits per heavy atom. The van der Waals surface area contributed by atoms with E-state index < -0.39 is 11.6 Å². The molecular formula is C15H18F2N2O. The van der Waals surface area contributed by atoms with Gasteiger partial charge in [0, 0.05) is 39.1 Å². The summed E-state index contributed by atoms with van der Waals surface area (Å²) in [5.74, 6) is -1.62. The van der Waals surface area contributed by atoms with Crippen molar-refractivity contribution < 1.29 is 13.5 Å². The highest BCUT2D eigenvalue weighted by molar-refractivity contribution is 5.19. The Morgan fingerprint density at radius 3 is 2.75 bits per heavy atom. The fraction of sp³-hybridized carbons (Fsp3) is 0.333. The van der Waals surface area contributed by atoms with Crippen LogP contribution in [0.4, 0.5) is 8.78 Å². The van der Waals surface area contributed by atoms with Crippen molar-refractivity contribution in [2.75, 3.05) is 20.3 Å². The van der Waals surface area contributed by atoms with Gasteiger partial charge >= 0.3 is 0 Å². The summed E-state index contributed by atoms with van der Waals surface area (Å²) >= 11 is 0. The van der Waals surface area contributed by atoms with E-state index in [1.54, 1.807) is 13.2 Å². The Hall–Kier alpha value is -1.72. The Morgan fingerprint density at radius 2 is 2.00 bits per heavy atom. The number of aromatic nitrogens is 1. The van der Waals surface area contributed by atoms with E-state index in [1.807, 2.05) is 23.0 Å². The quantitative estimate of drug-likeness (QED) is 0.789. The van der Waals surface area contributed by atoms with E-state index in [4.69, 9.17) is 4.74 Å². The molecule has 1 N–H and O–H groups in total. The zero-order valence-electron chi connectivity index (χ0n) is 11.4. The van der Waals surface area contributed by atoms with Crippen molar-refractivity contribution in [2.24, 2.45) is 0 Å². The van der Waals surface area contributed by atoms with Crippen LogP contribution in [0.5, 0.6) is 0 Å². The van der Waals surface area contributed by atoms with Gasteiger partial charge in [0.15, 0.2) is 11.6 Å². The van der Waals surface area contributed by atoms with Crippen LogP contribution in [0, 0.1) is 11.6 Å². The SMILES string of the molecule is COCCNCc1ccn(Cc2ccc(F)c(F)c2)c1. The lowest BCUT2D eigenvalue weighted by Gasteiger charge is -2.04. The molecular weight excluding hydrogens is 262 g/mol. The van der Waals surface area contributed by atoms with E-state index in [9.17, 15) is 8.78 Å². The fourth-order valence-electron chi connectivity index (χ4n) is 1.95. The molecule has 0 fully saturated rings. The third kappa shape index (κ3) is 4.15. The van der Waals surface area contributed by atoms with Gasteiger partial charge in [0.2, 0.25) is 0 Å². The standard InChI is InChI=1S/C15H18F2N2O/c1-20-7-5-18-9-13-4-6-19(11-13)10-12-2-3-14(16)15(17)8-12/h2-4,6,8,11,18H,5,7,9-10H2,1H3. The van der Waals surface area contributed by atoms with E-state index in [1.165, 1.54) is 6.07 Å². The monoisotopic (exact) mass is 280 g/mol. The molecule has 1 aromatic carbocycles. The average Bonchev–Trinajstić information content (AvgIpc) is 2.87. The summed E-state index contributed by atoms with van der Waals surface area (Å²) < 4.78 is 32.9. The number of nitrogens with zero attached hydrogens (tertiary/aromatic N) is 1. The summed E-state index contributed by atoms with van der Waals surface area (Å²) in [7, 11) is 1.67. The summed E-state index contributed by atoms with van der Waals surface area (Å²) in [6.07, 6.45) is 3.91. The van der Waals surface area contributed by atoms with Crippen LogP contribution in [-0.2, 0) is 17.8 Å². The maximum absolute atomic E-state index is 13.1. The molecule has 0 saturated heterocycles. The average molecular weight is 280 g/mol. The van der Waals surface area contributed by atoms with Crippen LogP contribution in [0.15, 0.2) is 36.7 Å². The third-order valence-electron chi connectivity index (χ3n) is 2.97. The van der Waals surface area contributed by atoms with Crippen LogP contribution in [0.1, 0.15) is 11.1 Å². The van der Waals surface area contributed by atoms with Crippen molar-refractivity contribution >= 4 is 0 Å². The minimum atomic E-state index is -0.815. The predicted molar refractivity (Wildman–Crippen MR) is 73.5 cm³/mol. The van der Waals surface area contributed by atoms with Gasteiger partial charge in [-0.05, 0) is 29.3 Å². The molecule has 20 heavy (non-hydrogen) atoms. The van der Waals surface area contributed by atoms with Gasteiger partial charge in [-0.3, -0.25) is 0 Å². The number of hydrogen-bond donors (Lipinski definition) is 1. The highest BCUT2D eigenvalue weighted by atomic mass is 19.2. The highest BCUT2D eigenvalue weighted by Crippen LogP contribution is 2.11. The predicted octanol–water partition coefficient (Wildman–Crippen LogP) is 2.55. The van der Waals surface area contributed by atoms with Crippen molar-refractivity contribution in [1.29, 1.82) is 0 Å². The molecule has 0 aliphatic rings. The second-order valence-electron chi connectivity index (χ2n) is 4.61. The van der Waals surface area contributed by atoms with Crippen molar-refractivity contribution in [3.8, 4) is 0 Å². The van der Waals surface area contributed by atoms with E-state index in [2.05, 4.69) is 5.32 Å².